The highest BCUT2D eigenvalue weighted by molar-refractivity contribution is 5.69. The minimum Gasteiger partial charge on any atom is -0.481 e. The second-order valence-electron chi connectivity index (χ2n) is 13.1. The second kappa shape index (κ2) is 34.4. The number of hydrogen-bond donors (Lipinski definition) is 1. The molecule has 4 heteroatoms. The van der Waals surface area contributed by atoms with Crippen LogP contribution in [-0.2, 0) is 14.3 Å². The highest BCUT2D eigenvalue weighted by Gasteiger charge is 2.14. The van der Waals surface area contributed by atoms with E-state index in [1.165, 1.54) is 148 Å². The maximum absolute atomic E-state index is 12.4. The molecule has 0 aromatic carbocycles. The van der Waals surface area contributed by atoms with Gasteiger partial charge in [-0.15, -0.1) is 0 Å². The molecule has 0 spiro atoms. The highest BCUT2D eigenvalue weighted by atomic mass is 16.5. The van der Waals surface area contributed by atoms with Crippen LogP contribution in [0, 0.1) is 0 Å². The van der Waals surface area contributed by atoms with Crippen molar-refractivity contribution in [1.82, 2.24) is 0 Å². The Bertz CT molecular complexity index is 561. The summed E-state index contributed by atoms with van der Waals surface area (Å²) < 4.78 is 5.85. The third kappa shape index (κ3) is 33.4. The third-order valence-corrected chi connectivity index (χ3v) is 8.83. The van der Waals surface area contributed by atoms with Gasteiger partial charge in [0.25, 0.3) is 0 Å². The number of esters is 1. The number of carbonyl (C=O) groups is 2. The smallest absolute Gasteiger partial charge is 0.306 e. The summed E-state index contributed by atoms with van der Waals surface area (Å²) in [6.45, 7) is 4.50. The zero-order valence-corrected chi connectivity index (χ0v) is 28.6. The molecular weight excluding hydrogens is 520 g/mol. The van der Waals surface area contributed by atoms with Crippen LogP contribution in [-0.4, -0.2) is 23.1 Å². The van der Waals surface area contributed by atoms with Crippen molar-refractivity contribution in [2.45, 2.75) is 232 Å². The van der Waals surface area contributed by atoms with Gasteiger partial charge in [-0.3, -0.25) is 9.59 Å². The maximum Gasteiger partial charge on any atom is 0.306 e. The van der Waals surface area contributed by atoms with Gasteiger partial charge in [-0.05, 0) is 38.5 Å². The fourth-order valence-corrected chi connectivity index (χ4v) is 6.01. The van der Waals surface area contributed by atoms with Crippen LogP contribution < -0.4 is 0 Å². The Morgan fingerprint density at radius 3 is 1.07 bits per heavy atom. The Labute approximate surface area is 262 Å². The molecule has 42 heavy (non-hydrogen) atoms. The van der Waals surface area contributed by atoms with Crippen molar-refractivity contribution in [2.75, 3.05) is 0 Å². The van der Waals surface area contributed by atoms with Gasteiger partial charge in [-0.1, -0.05) is 174 Å². The quantitative estimate of drug-likeness (QED) is 0.0585. The molecule has 1 atom stereocenters. The fraction of sp³-hybridized carbons (Fsp3) is 0.947. The SMILES string of the molecule is CCCCCCCCCCCCCCCCCCCCCCCCC(=O)OC(CCCCCC)CCCCCC(=O)O. The molecule has 0 fully saturated rings. The van der Waals surface area contributed by atoms with E-state index in [0.717, 1.165) is 44.9 Å². The number of carboxylic acid groups (broad SMARTS) is 1. The molecule has 0 aliphatic carbocycles. The lowest BCUT2D eigenvalue weighted by atomic mass is 10.0. The topological polar surface area (TPSA) is 63.6 Å². The van der Waals surface area contributed by atoms with Crippen molar-refractivity contribution >= 4 is 11.9 Å². The van der Waals surface area contributed by atoms with Gasteiger partial charge in [0, 0.05) is 12.8 Å². The molecule has 4 nitrogen and oxygen atoms in total. The van der Waals surface area contributed by atoms with Crippen LogP contribution in [0.2, 0.25) is 0 Å². The van der Waals surface area contributed by atoms with E-state index in [-0.39, 0.29) is 18.5 Å². The van der Waals surface area contributed by atoms with E-state index in [2.05, 4.69) is 13.8 Å². The van der Waals surface area contributed by atoms with Gasteiger partial charge in [-0.2, -0.15) is 0 Å². The Morgan fingerprint density at radius 1 is 0.429 bits per heavy atom. The van der Waals surface area contributed by atoms with E-state index < -0.39 is 5.97 Å². The van der Waals surface area contributed by atoms with Gasteiger partial charge in [0.05, 0.1) is 0 Å². The van der Waals surface area contributed by atoms with Gasteiger partial charge in [0.2, 0.25) is 0 Å². The van der Waals surface area contributed by atoms with Crippen molar-refractivity contribution in [3.8, 4) is 0 Å². The Morgan fingerprint density at radius 2 is 0.714 bits per heavy atom. The zero-order chi connectivity index (χ0) is 30.8. The minimum absolute atomic E-state index is 0.0129. The maximum atomic E-state index is 12.4. The summed E-state index contributed by atoms with van der Waals surface area (Å²) in [6, 6.07) is 0. The van der Waals surface area contributed by atoms with E-state index in [0.29, 0.717) is 12.8 Å². The standard InChI is InChI=1S/C38H74O4/c1-3-5-7-9-10-11-12-13-14-15-16-17-18-19-20-21-22-23-24-25-26-31-35-38(41)42-36(32-28-8-6-4-2)33-29-27-30-34-37(39)40/h36H,3-35H2,1-2H3,(H,39,40). The largest absolute Gasteiger partial charge is 0.481 e. The molecule has 0 radical (unpaired) electrons. The summed E-state index contributed by atoms with van der Waals surface area (Å²) in [4.78, 5) is 23.1. The molecule has 0 amide bonds. The number of rotatable bonds is 35. The first kappa shape index (κ1) is 40.9. The molecule has 0 aliphatic heterocycles. The molecular formula is C38H74O4. The first-order chi connectivity index (χ1) is 20.6. The molecule has 1 N–H and O–H groups in total. The summed E-state index contributed by atoms with van der Waals surface area (Å²) in [5.74, 6) is -0.757. The molecule has 250 valence electrons. The lowest BCUT2D eigenvalue weighted by Gasteiger charge is -2.18. The normalized spacial score (nSPS) is 12.0. The van der Waals surface area contributed by atoms with Gasteiger partial charge >= 0.3 is 11.9 Å². The predicted octanol–water partition coefficient (Wildman–Crippen LogP) is 12.9. The van der Waals surface area contributed by atoms with Crippen molar-refractivity contribution in [2.24, 2.45) is 0 Å². The van der Waals surface area contributed by atoms with E-state index >= 15 is 0 Å². The number of aliphatic carboxylic acids is 1. The Kier molecular flexibility index (Phi) is 33.6. The summed E-state index contributed by atoms with van der Waals surface area (Å²) >= 11 is 0. The molecule has 0 aromatic rings. The minimum atomic E-state index is -0.724. The Hall–Kier alpha value is -1.06. The molecule has 0 saturated carbocycles. The van der Waals surface area contributed by atoms with Crippen molar-refractivity contribution in [3.63, 3.8) is 0 Å². The number of carbonyl (C=O) groups excluding carboxylic acids is 1. The number of ether oxygens (including phenoxy) is 1. The van der Waals surface area contributed by atoms with E-state index in [9.17, 15) is 9.59 Å². The van der Waals surface area contributed by atoms with Crippen LogP contribution in [0.3, 0.4) is 0 Å². The lowest BCUT2D eigenvalue weighted by molar-refractivity contribution is -0.150. The van der Waals surface area contributed by atoms with Gasteiger partial charge in [-0.25, -0.2) is 0 Å². The monoisotopic (exact) mass is 595 g/mol. The first-order valence-electron chi connectivity index (χ1n) is 19.0. The zero-order valence-electron chi connectivity index (χ0n) is 28.6. The molecule has 0 bridgehead atoms. The van der Waals surface area contributed by atoms with E-state index in [1.54, 1.807) is 0 Å². The lowest BCUT2D eigenvalue weighted by Crippen LogP contribution is -2.18. The molecule has 0 heterocycles. The fourth-order valence-electron chi connectivity index (χ4n) is 6.01. The molecule has 0 aliphatic rings. The van der Waals surface area contributed by atoms with E-state index in [1.807, 2.05) is 0 Å². The third-order valence-electron chi connectivity index (χ3n) is 8.83. The predicted molar refractivity (Wildman–Crippen MR) is 181 cm³/mol. The molecule has 0 rings (SSSR count). The van der Waals surface area contributed by atoms with Crippen LogP contribution in [0.5, 0.6) is 0 Å². The molecule has 0 saturated heterocycles. The average Bonchev–Trinajstić information content (AvgIpc) is 2.97. The van der Waals surface area contributed by atoms with Crippen LogP contribution in [0.1, 0.15) is 226 Å². The summed E-state index contributed by atoms with van der Waals surface area (Å²) in [5, 5.41) is 8.80. The van der Waals surface area contributed by atoms with E-state index in [4.69, 9.17) is 9.84 Å². The number of carboxylic acids is 1. The summed E-state index contributed by atoms with van der Waals surface area (Å²) in [5.41, 5.74) is 0. The molecule has 0 aromatic heterocycles. The van der Waals surface area contributed by atoms with Gasteiger partial charge in [0.1, 0.15) is 6.10 Å². The second-order valence-corrected chi connectivity index (χ2v) is 13.1. The van der Waals surface area contributed by atoms with Crippen molar-refractivity contribution in [1.29, 1.82) is 0 Å². The summed E-state index contributed by atoms with van der Waals surface area (Å²) in [6.07, 6.45) is 40.1. The van der Waals surface area contributed by atoms with Crippen LogP contribution >= 0.6 is 0 Å². The first-order valence-corrected chi connectivity index (χ1v) is 19.0. The van der Waals surface area contributed by atoms with Crippen molar-refractivity contribution < 1.29 is 19.4 Å². The highest BCUT2D eigenvalue weighted by Crippen LogP contribution is 2.18. The van der Waals surface area contributed by atoms with Crippen LogP contribution in [0.15, 0.2) is 0 Å². The van der Waals surface area contributed by atoms with Crippen LogP contribution in [0.4, 0.5) is 0 Å². The Balaban J connectivity index is 3.54. The van der Waals surface area contributed by atoms with Gasteiger partial charge < -0.3 is 9.84 Å². The number of unbranched alkanes of at least 4 members (excludes halogenated alkanes) is 26. The van der Waals surface area contributed by atoms with Gasteiger partial charge in [0.15, 0.2) is 0 Å². The molecule has 1 unspecified atom stereocenters. The summed E-state index contributed by atoms with van der Waals surface area (Å²) in [7, 11) is 0. The van der Waals surface area contributed by atoms with Crippen LogP contribution in [0.25, 0.3) is 0 Å². The number of hydrogen-bond acceptors (Lipinski definition) is 3. The van der Waals surface area contributed by atoms with Crippen molar-refractivity contribution in [3.05, 3.63) is 0 Å². The average molecular weight is 595 g/mol.